The maximum absolute atomic E-state index is 11.9. The van der Waals surface area contributed by atoms with Gasteiger partial charge in [0, 0.05) is 18.1 Å². The van der Waals surface area contributed by atoms with Crippen molar-refractivity contribution in [3.8, 4) is 0 Å². The van der Waals surface area contributed by atoms with Crippen molar-refractivity contribution in [1.82, 2.24) is 10.3 Å². The van der Waals surface area contributed by atoms with Gasteiger partial charge >= 0.3 is 0 Å². The number of aromatic nitrogens is 1. The molecule has 1 aromatic carbocycles. The van der Waals surface area contributed by atoms with Crippen molar-refractivity contribution in [1.29, 1.82) is 0 Å². The first kappa shape index (κ1) is 14.0. The van der Waals surface area contributed by atoms with E-state index in [1.54, 1.807) is 11.6 Å². The summed E-state index contributed by atoms with van der Waals surface area (Å²) in [6.45, 7) is 0.768. The van der Waals surface area contributed by atoms with Gasteiger partial charge in [-0.25, -0.2) is 13.4 Å². The molecule has 2 aromatic rings. The molecule has 0 atom stereocenters. The van der Waals surface area contributed by atoms with Crippen LogP contribution in [0.5, 0.6) is 0 Å². The van der Waals surface area contributed by atoms with Crippen molar-refractivity contribution >= 4 is 26.5 Å². The molecule has 2 rings (SSSR count). The van der Waals surface area contributed by atoms with Crippen LogP contribution in [-0.2, 0) is 22.3 Å². The van der Waals surface area contributed by atoms with Crippen molar-refractivity contribution in [2.75, 3.05) is 11.8 Å². The second-order valence-corrected chi connectivity index (χ2v) is 6.66. The molecule has 0 amide bonds. The highest BCUT2D eigenvalue weighted by molar-refractivity contribution is 7.92. The summed E-state index contributed by atoms with van der Waals surface area (Å²) in [7, 11) is -1.53. The van der Waals surface area contributed by atoms with Gasteiger partial charge in [-0.2, -0.15) is 0 Å². The number of benzene rings is 1. The zero-order chi connectivity index (χ0) is 13.7. The highest BCUT2D eigenvalue weighted by Crippen LogP contribution is 2.15. The van der Waals surface area contributed by atoms with Crippen LogP contribution >= 0.6 is 11.3 Å². The highest BCUT2D eigenvalue weighted by atomic mass is 32.2. The van der Waals surface area contributed by atoms with Crippen LogP contribution in [0.1, 0.15) is 11.1 Å². The maximum Gasteiger partial charge on any atom is 0.238 e. The molecule has 1 heterocycles. The molecule has 19 heavy (non-hydrogen) atoms. The average molecular weight is 297 g/mol. The lowest BCUT2D eigenvalue weighted by Gasteiger charge is -2.06. The predicted molar refractivity (Wildman–Crippen MR) is 77.6 cm³/mol. The van der Waals surface area contributed by atoms with E-state index in [1.165, 1.54) is 11.3 Å². The van der Waals surface area contributed by atoms with E-state index in [0.717, 1.165) is 17.7 Å². The van der Waals surface area contributed by atoms with Crippen molar-refractivity contribution in [3.05, 3.63) is 47.0 Å². The fourth-order valence-electron chi connectivity index (χ4n) is 1.62. The number of hydrogen-bond acceptors (Lipinski definition) is 5. The molecule has 0 fully saturated rings. The van der Waals surface area contributed by atoms with Crippen LogP contribution in [0, 0.1) is 0 Å². The molecule has 5 nitrogen and oxygen atoms in total. The molecule has 0 spiro atoms. The quantitative estimate of drug-likeness (QED) is 0.853. The molecular formula is C12H15N3O2S2. The van der Waals surface area contributed by atoms with Gasteiger partial charge in [0.1, 0.15) is 0 Å². The number of thiazole rings is 1. The third-order valence-electron chi connectivity index (χ3n) is 2.44. The van der Waals surface area contributed by atoms with Gasteiger partial charge in [0.25, 0.3) is 0 Å². The summed E-state index contributed by atoms with van der Waals surface area (Å²) in [4.78, 5) is 3.90. The van der Waals surface area contributed by atoms with E-state index in [-0.39, 0.29) is 5.75 Å². The number of anilines is 1. The van der Waals surface area contributed by atoms with Crippen LogP contribution in [0.3, 0.4) is 0 Å². The van der Waals surface area contributed by atoms with Crippen molar-refractivity contribution in [2.24, 2.45) is 0 Å². The smallest absolute Gasteiger partial charge is 0.238 e. The second-order valence-electron chi connectivity index (χ2n) is 4.05. The SMILES string of the molecule is CNCc1ccc(CS(=O)(=O)Nc2nccs2)cc1. The minimum atomic E-state index is -3.40. The Morgan fingerprint density at radius 1 is 1.21 bits per heavy atom. The van der Waals surface area contributed by atoms with Gasteiger partial charge < -0.3 is 5.32 Å². The number of rotatable bonds is 6. The monoisotopic (exact) mass is 297 g/mol. The average Bonchev–Trinajstić information content (AvgIpc) is 2.83. The molecular weight excluding hydrogens is 282 g/mol. The molecule has 1 aromatic heterocycles. The lowest BCUT2D eigenvalue weighted by Crippen LogP contribution is -2.15. The fourth-order valence-corrected chi connectivity index (χ4v) is 3.59. The first-order chi connectivity index (χ1) is 9.09. The van der Waals surface area contributed by atoms with Gasteiger partial charge in [0.15, 0.2) is 5.13 Å². The summed E-state index contributed by atoms with van der Waals surface area (Å²) in [5, 5.41) is 5.17. The van der Waals surface area contributed by atoms with E-state index in [4.69, 9.17) is 0 Å². The molecule has 0 saturated heterocycles. The van der Waals surface area contributed by atoms with Crippen LogP contribution < -0.4 is 10.0 Å². The molecule has 7 heteroatoms. The summed E-state index contributed by atoms with van der Waals surface area (Å²) in [6.07, 6.45) is 1.56. The predicted octanol–water partition coefficient (Wildman–Crippen LogP) is 1.80. The van der Waals surface area contributed by atoms with Crippen molar-refractivity contribution in [2.45, 2.75) is 12.3 Å². The Bertz CT molecular complexity index is 607. The van der Waals surface area contributed by atoms with Gasteiger partial charge in [-0.3, -0.25) is 4.72 Å². The molecule has 0 radical (unpaired) electrons. The largest absolute Gasteiger partial charge is 0.316 e. The standard InChI is InChI=1S/C12H15N3O2S2/c1-13-8-10-2-4-11(5-3-10)9-19(16,17)15-12-14-6-7-18-12/h2-7,13H,8-9H2,1H3,(H,14,15). The fraction of sp³-hybridized carbons (Fsp3) is 0.250. The third kappa shape index (κ3) is 4.30. The van der Waals surface area contributed by atoms with Gasteiger partial charge in [0.2, 0.25) is 10.0 Å². The van der Waals surface area contributed by atoms with E-state index < -0.39 is 10.0 Å². The first-order valence-electron chi connectivity index (χ1n) is 5.71. The highest BCUT2D eigenvalue weighted by Gasteiger charge is 2.12. The summed E-state index contributed by atoms with van der Waals surface area (Å²) >= 11 is 1.26. The van der Waals surface area contributed by atoms with Gasteiger partial charge in [-0.15, -0.1) is 11.3 Å². The van der Waals surface area contributed by atoms with Gasteiger partial charge in [-0.05, 0) is 18.2 Å². The van der Waals surface area contributed by atoms with Crippen molar-refractivity contribution < 1.29 is 8.42 Å². The Balaban J connectivity index is 2.03. The third-order valence-corrected chi connectivity index (χ3v) is 4.47. The summed E-state index contributed by atoms with van der Waals surface area (Å²) in [6, 6.07) is 7.50. The minimum absolute atomic E-state index is 0.0492. The van der Waals surface area contributed by atoms with E-state index in [1.807, 2.05) is 31.3 Å². The molecule has 0 aliphatic rings. The van der Waals surface area contributed by atoms with Crippen LogP contribution in [0.15, 0.2) is 35.8 Å². The lowest BCUT2D eigenvalue weighted by atomic mass is 10.1. The Morgan fingerprint density at radius 3 is 2.47 bits per heavy atom. The molecule has 0 aliphatic carbocycles. The molecule has 2 N–H and O–H groups in total. The van der Waals surface area contributed by atoms with Crippen LogP contribution in [0.25, 0.3) is 0 Å². The number of hydrogen-bond donors (Lipinski definition) is 2. The Kier molecular flexibility index (Phi) is 4.52. The zero-order valence-electron chi connectivity index (χ0n) is 10.5. The number of sulfonamides is 1. The van der Waals surface area contributed by atoms with E-state index in [9.17, 15) is 8.42 Å². The molecule has 0 aliphatic heterocycles. The van der Waals surface area contributed by atoms with Crippen LogP contribution in [0.2, 0.25) is 0 Å². The van der Waals surface area contributed by atoms with E-state index in [2.05, 4.69) is 15.0 Å². The first-order valence-corrected chi connectivity index (χ1v) is 8.25. The zero-order valence-corrected chi connectivity index (χ0v) is 12.1. The number of nitrogens with one attached hydrogen (secondary N) is 2. The maximum atomic E-state index is 11.9. The van der Waals surface area contributed by atoms with Crippen LogP contribution in [0.4, 0.5) is 5.13 Å². The topological polar surface area (TPSA) is 71.1 Å². The molecule has 0 unspecified atom stereocenters. The minimum Gasteiger partial charge on any atom is -0.316 e. The van der Waals surface area contributed by atoms with Crippen LogP contribution in [-0.4, -0.2) is 20.4 Å². The summed E-state index contributed by atoms with van der Waals surface area (Å²) in [5.74, 6) is -0.0492. The Labute approximate surface area is 116 Å². The Hall–Kier alpha value is -1.44. The van der Waals surface area contributed by atoms with E-state index >= 15 is 0 Å². The molecule has 0 bridgehead atoms. The second kappa shape index (κ2) is 6.14. The molecule has 0 saturated carbocycles. The van der Waals surface area contributed by atoms with Crippen molar-refractivity contribution in [3.63, 3.8) is 0 Å². The Morgan fingerprint density at radius 2 is 1.89 bits per heavy atom. The number of nitrogens with zero attached hydrogens (tertiary/aromatic N) is 1. The molecule has 102 valence electrons. The van der Waals surface area contributed by atoms with Gasteiger partial charge in [-0.1, -0.05) is 24.3 Å². The van der Waals surface area contributed by atoms with Gasteiger partial charge in [0.05, 0.1) is 5.75 Å². The lowest BCUT2D eigenvalue weighted by molar-refractivity contribution is 0.600. The van der Waals surface area contributed by atoms with E-state index in [0.29, 0.717) is 5.13 Å². The normalized spacial score (nSPS) is 11.4. The summed E-state index contributed by atoms with van der Waals surface area (Å²) in [5.41, 5.74) is 1.88. The summed E-state index contributed by atoms with van der Waals surface area (Å²) < 4.78 is 26.3.